The molecule has 0 aliphatic heterocycles. The van der Waals surface area contributed by atoms with Crippen LogP contribution in [0.5, 0.6) is 0 Å². The fourth-order valence-electron chi connectivity index (χ4n) is 1.75. The van der Waals surface area contributed by atoms with Crippen LogP contribution in [-0.4, -0.2) is 23.1 Å². The highest BCUT2D eigenvalue weighted by atomic mass is 35.5. The molecule has 0 aliphatic carbocycles. The summed E-state index contributed by atoms with van der Waals surface area (Å²) in [6.45, 7) is 1.92. The highest BCUT2D eigenvalue weighted by Gasteiger charge is 2.18. The van der Waals surface area contributed by atoms with Gasteiger partial charge in [-0.3, -0.25) is 9.59 Å². The van der Waals surface area contributed by atoms with Gasteiger partial charge in [0.15, 0.2) is 0 Å². The maximum absolute atomic E-state index is 11.6. The largest absolute Gasteiger partial charge is 0.480 e. The number of carboxylic acid groups (broad SMARTS) is 1. The fraction of sp³-hybridized carbons (Fsp3) is 0.429. The molecule has 5 nitrogen and oxygen atoms in total. The zero-order valence-corrected chi connectivity index (χ0v) is 12.0. The molecule has 0 saturated heterocycles. The first-order valence-corrected chi connectivity index (χ1v) is 6.64. The van der Waals surface area contributed by atoms with E-state index in [1.54, 1.807) is 25.1 Å². The van der Waals surface area contributed by atoms with Gasteiger partial charge in [-0.1, -0.05) is 30.7 Å². The van der Waals surface area contributed by atoms with Crippen LogP contribution >= 0.6 is 11.6 Å². The Kier molecular flexibility index (Phi) is 6.48. The molecule has 2 atom stereocenters. The number of halogens is 1. The van der Waals surface area contributed by atoms with Crippen LogP contribution in [0.2, 0.25) is 5.02 Å². The molecule has 110 valence electrons. The molecular formula is C14H18ClNO4. The van der Waals surface area contributed by atoms with Gasteiger partial charge in [-0.25, -0.2) is 0 Å². The van der Waals surface area contributed by atoms with E-state index in [9.17, 15) is 9.59 Å². The standard InChI is InChI=1S/C14H18ClNO4/c1-9(5-12(16)14(18)19)6-13(17)20-8-10-3-2-4-11(15)7-10/h2-4,7,9,12H,5-6,8,16H2,1H3,(H,18,19)/t9?,12-/m0/s1. The second kappa shape index (κ2) is 7.87. The average Bonchev–Trinajstić information content (AvgIpc) is 2.36. The Bertz CT molecular complexity index is 478. The van der Waals surface area contributed by atoms with Crippen LogP contribution in [0.3, 0.4) is 0 Å². The highest BCUT2D eigenvalue weighted by Crippen LogP contribution is 2.14. The van der Waals surface area contributed by atoms with Crippen molar-refractivity contribution in [3.8, 4) is 0 Å². The number of rotatable bonds is 7. The average molecular weight is 300 g/mol. The Morgan fingerprint density at radius 1 is 1.45 bits per heavy atom. The molecule has 6 heteroatoms. The van der Waals surface area contributed by atoms with Crippen LogP contribution in [0.15, 0.2) is 24.3 Å². The van der Waals surface area contributed by atoms with Gasteiger partial charge in [0.25, 0.3) is 0 Å². The summed E-state index contributed by atoms with van der Waals surface area (Å²) in [6, 6.07) is 6.09. The Labute approximate surface area is 122 Å². The number of hydrogen-bond acceptors (Lipinski definition) is 4. The van der Waals surface area contributed by atoms with Crippen molar-refractivity contribution in [2.45, 2.75) is 32.4 Å². The molecule has 0 fully saturated rings. The SMILES string of the molecule is CC(CC(=O)OCc1cccc(Cl)c1)C[C@H](N)C(=O)O. The summed E-state index contributed by atoms with van der Waals surface area (Å²) < 4.78 is 5.11. The fourth-order valence-corrected chi connectivity index (χ4v) is 1.96. The zero-order valence-electron chi connectivity index (χ0n) is 11.2. The summed E-state index contributed by atoms with van der Waals surface area (Å²) in [4.78, 5) is 22.2. The van der Waals surface area contributed by atoms with Crippen LogP contribution in [0.1, 0.15) is 25.3 Å². The lowest BCUT2D eigenvalue weighted by atomic mass is 9.99. The van der Waals surface area contributed by atoms with Crippen LogP contribution in [0.4, 0.5) is 0 Å². The molecule has 0 bridgehead atoms. The van der Waals surface area contributed by atoms with E-state index in [-0.39, 0.29) is 31.3 Å². The first-order chi connectivity index (χ1) is 9.38. The number of esters is 1. The third kappa shape index (κ3) is 6.04. The highest BCUT2D eigenvalue weighted by molar-refractivity contribution is 6.30. The van der Waals surface area contributed by atoms with Crippen molar-refractivity contribution < 1.29 is 19.4 Å². The molecule has 20 heavy (non-hydrogen) atoms. The lowest BCUT2D eigenvalue weighted by molar-refractivity contribution is -0.146. The van der Waals surface area contributed by atoms with E-state index in [2.05, 4.69) is 0 Å². The van der Waals surface area contributed by atoms with E-state index in [1.165, 1.54) is 0 Å². The van der Waals surface area contributed by atoms with Crippen molar-refractivity contribution in [1.82, 2.24) is 0 Å². The van der Waals surface area contributed by atoms with Crippen molar-refractivity contribution >= 4 is 23.5 Å². The molecule has 3 N–H and O–H groups in total. The van der Waals surface area contributed by atoms with Crippen LogP contribution in [-0.2, 0) is 20.9 Å². The van der Waals surface area contributed by atoms with E-state index in [1.807, 2.05) is 6.07 Å². The predicted molar refractivity (Wildman–Crippen MR) is 75.3 cm³/mol. The van der Waals surface area contributed by atoms with Gasteiger partial charge in [0.1, 0.15) is 12.6 Å². The summed E-state index contributed by atoms with van der Waals surface area (Å²) in [7, 11) is 0. The molecule has 0 amide bonds. The second-order valence-electron chi connectivity index (χ2n) is 4.78. The van der Waals surface area contributed by atoms with Crippen molar-refractivity contribution in [2.24, 2.45) is 11.7 Å². The summed E-state index contributed by atoms with van der Waals surface area (Å²) in [5.41, 5.74) is 6.21. The van der Waals surface area contributed by atoms with E-state index < -0.39 is 12.0 Å². The van der Waals surface area contributed by atoms with Gasteiger partial charge in [-0.05, 0) is 30.0 Å². The Balaban J connectivity index is 2.35. The molecule has 0 aromatic heterocycles. The van der Waals surface area contributed by atoms with Crippen molar-refractivity contribution in [3.05, 3.63) is 34.9 Å². The quantitative estimate of drug-likeness (QED) is 0.753. The number of aliphatic carboxylic acids is 1. The third-order valence-corrected chi connectivity index (χ3v) is 3.01. The molecule has 0 spiro atoms. The maximum Gasteiger partial charge on any atom is 0.320 e. The number of carboxylic acids is 1. The van der Waals surface area contributed by atoms with Crippen LogP contribution in [0, 0.1) is 5.92 Å². The first-order valence-electron chi connectivity index (χ1n) is 6.27. The molecular weight excluding hydrogens is 282 g/mol. The molecule has 1 aromatic carbocycles. The third-order valence-electron chi connectivity index (χ3n) is 2.78. The number of benzene rings is 1. The number of ether oxygens (including phenoxy) is 1. The number of hydrogen-bond donors (Lipinski definition) is 2. The van der Waals surface area contributed by atoms with Gasteiger partial charge in [0, 0.05) is 11.4 Å². The van der Waals surface area contributed by atoms with Gasteiger partial charge in [0.05, 0.1) is 0 Å². The molecule has 0 heterocycles. The molecule has 1 rings (SSSR count). The van der Waals surface area contributed by atoms with E-state index in [4.69, 9.17) is 27.2 Å². The van der Waals surface area contributed by atoms with E-state index in [0.717, 1.165) is 5.56 Å². The minimum Gasteiger partial charge on any atom is -0.480 e. The minimum atomic E-state index is -1.07. The molecule has 1 aromatic rings. The maximum atomic E-state index is 11.6. The Hall–Kier alpha value is -1.59. The van der Waals surface area contributed by atoms with Crippen molar-refractivity contribution in [2.75, 3.05) is 0 Å². The monoisotopic (exact) mass is 299 g/mol. The zero-order chi connectivity index (χ0) is 15.1. The molecule has 0 aliphatic rings. The molecule has 0 radical (unpaired) electrons. The Morgan fingerprint density at radius 3 is 2.75 bits per heavy atom. The van der Waals surface area contributed by atoms with Crippen LogP contribution < -0.4 is 5.73 Å². The van der Waals surface area contributed by atoms with Crippen molar-refractivity contribution in [3.63, 3.8) is 0 Å². The minimum absolute atomic E-state index is 0.140. The normalized spacial score (nSPS) is 13.6. The van der Waals surface area contributed by atoms with Gasteiger partial charge in [-0.15, -0.1) is 0 Å². The summed E-state index contributed by atoms with van der Waals surface area (Å²) in [5.74, 6) is -1.59. The van der Waals surface area contributed by atoms with Gasteiger partial charge >= 0.3 is 11.9 Å². The number of nitrogens with two attached hydrogens (primary N) is 1. The topological polar surface area (TPSA) is 89.6 Å². The van der Waals surface area contributed by atoms with Gasteiger partial charge < -0.3 is 15.6 Å². The number of carbonyl (C=O) groups excluding carboxylic acids is 1. The van der Waals surface area contributed by atoms with E-state index in [0.29, 0.717) is 5.02 Å². The summed E-state index contributed by atoms with van der Waals surface area (Å²) in [6.07, 6.45) is 0.378. The lowest BCUT2D eigenvalue weighted by Gasteiger charge is -2.13. The van der Waals surface area contributed by atoms with Crippen molar-refractivity contribution in [1.29, 1.82) is 0 Å². The second-order valence-corrected chi connectivity index (χ2v) is 5.22. The molecule has 0 saturated carbocycles. The van der Waals surface area contributed by atoms with Crippen LogP contribution in [0.25, 0.3) is 0 Å². The summed E-state index contributed by atoms with van der Waals surface area (Å²) >= 11 is 5.82. The summed E-state index contributed by atoms with van der Waals surface area (Å²) in [5, 5.41) is 9.27. The van der Waals surface area contributed by atoms with E-state index >= 15 is 0 Å². The predicted octanol–water partition coefficient (Wildman–Crippen LogP) is 2.21. The Morgan fingerprint density at radius 2 is 2.15 bits per heavy atom. The first kappa shape index (κ1) is 16.5. The lowest BCUT2D eigenvalue weighted by Crippen LogP contribution is -2.32. The number of carbonyl (C=O) groups is 2. The smallest absolute Gasteiger partial charge is 0.320 e. The molecule has 1 unspecified atom stereocenters. The van der Waals surface area contributed by atoms with Gasteiger partial charge in [-0.2, -0.15) is 0 Å². The van der Waals surface area contributed by atoms with Gasteiger partial charge in [0.2, 0.25) is 0 Å².